The van der Waals surface area contributed by atoms with Gasteiger partial charge in [0.25, 0.3) is 0 Å². The third-order valence-electron chi connectivity index (χ3n) is 3.81. The average molecular weight is 277 g/mol. The highest BCUT2D eigenvalue weighted by Crippen LogP contribution is 2.21. The van der Waals surface area contributed by atoms with Crippen LogP contribution >= 0.6 is 0 Å². The van der Waals surface area contributed by atoms with Gasteiger partial charge in [0, 0.05) is 24.2 Å². The number of hydrogen-bond acceptors (Lipinski definition) is 2. The SMILES string of the molecule is CC1CCCCN1Cc1ccc(C=CC(=O)O)cc1F. The van der Waals surface area contributed by atoms with Crippen LogP contribution in [0.5, 0.6) is 0 Å². The summed E-state index contributed by atoms with van der Waals surface area (Å²) in [4.78, 5) is 12.7. The van der Waals surface area contributed by atoms with Crippen molar-refractivity contribution in [1.29, 1.82) is 0 Å². The van der Waals surface area contributed by atoms with E-state index in [1.165, 1.54) is 31.4 Å². The number of benzene rings is 1. The number of aliphatic carboxylic acids is 1. The Balaban J connectivity index is 2.07. The maximum Gasteiger partial charge on any atom is 0.328 e. The third kappa shape index (κ3) is 3.90. The Morgan fingerprint density at radius 2 is 2.30 bits per heavy atom. The monoisotopic (exact) mass is 277 g/mol. The first-order valence-corrected chi connectivity index (χ1v) is 7.00. The van der Waals surface area contributed by atoms with Crippen LogP contribution < -0.4 is 0 Å². The van der Waals surface area contributed by atoms with Gasteiger partial charge in [-0.25, -0.2) is 9.18 Å². The van der Waals surface area contributed by atoms with Gasteiger partial charge in [-0.15, -0.1) is 0 Å². The van der Waals surface area contributed by atoms with E-state index in [0.29, 0.717) is 23.7 Å². The second kappa shape index (κ2) is 6.66. The summed E-state index contributed by atoms with van der Waals surface area (Å²) in [5.41, 5.74) is 1.24. The molecule has 1 aliphatic heterocycles. The molecule has 20 heavy (non-hydrogen) atoms. The minimum absolute atomic E-state index is 0.268. The van der Waals surface area contributed by atoms with Gasteiger partial charge in [0.1, 0.15) is 5.82 Å². The second-order valence-corrected chi connectivity index (χ2v) is 5.34. The predicted octanol–water partition coefficient (Wildman–Crippen LogP) is 3.30. The van der Waals surface area contributed by atoms with Crippen LogP contribution in [0, 0.1) is 5.82 Å². The maximum atomic E-state index is 14.0. The van der Waals surface area contributed by atoms with E-state index < -0.39 is 5.97 Å². The fraction of sp³-hybridized carbons (Fsp3) is 0.438. The van der Waals surface area contributed by atoms with Crippen molar-refractivity contribution in [2.75, 3.05) is 6.54 Å². The Bertz CT molecular complexity index is 513. The van der Waals surface area contributed by atoms with Crippen molar-refractivity contribution < 1.29 is 14.3 Å². The van der Waals surface area contributed by atoms with Crippen molar-refractivity contribution in [2.45, 2.75) is 38.8 Å². The molecule has 0 aliphatic carbocycles. The van der Waals surface area contributed by atoms with Crippen molar-refractivity contribution in [3.63, 3.8) is 0 Å². The molecule has 1 heterocycles. The molecule has 1 saturated heterocycles. The van der Waals surface area contributed by atoms with Crippen LogP contribution in [-0.4, -0.2) is 28.6 Å². The fourth-order valence-electron chi connectivity index (χ4n) is 2.57. The molecule has 0 amide bonds. The molecule has 108 valence electrons. The number of piperidine rings is 1. The van der Waals surface area contributed by atoms with Gasteiger partial charge >= 0.3 is 5.97 Å². The number of halogens is 1. The van der Waals surface area contributed by atoms with Crippen LogP contribution in [0.3, 0.4) is 0 Å². The van der Waals surface area contributed by atoms with Crippen molar-refractivity contribution in [2.24, 2.45) is 0 Å². The molecule has 1 atom stereocenters. The highest BCUT2D eigenvalue weighted by Gasteiger charge is 2.19. The lowest BCUT2D eigenvalue weighted by Gasteiger charge is -2.33. The highest BCUT2D eigenvalue weighted by molar-refractivity contribution is 5.85. The summed E-state index contributed by atoms with van der Waals surface area (Å²) in [6, 6.07) is 5.39. The first-order valence-electron chi connectivity index (χ1n) is 7.00. The molecular weight excluding hydrogens is 257 g/mol. The molecule has 0 aromatic heterocycles. The first kappa shape index (κ1) is 14.7. The first-order chi connectivity index (χ1) is 9.56. The molecule has 0 bridgehead atoms. The van der Waals surface area contributed by atoms with E-state index in [9.17, 15) is 9.18 Å². The molecule has 0 saturated carbocycles. The molecule has 1 fully saturated rings. The van der Waals surface area contributed by atoms with Crippen molar-refractivity contribution in [3.8, 4) is 0 Å². The van der Waals surface area contributed by atoms with Gasteiger partial charge in [0.15, 0.2) is 0 Å². The van der Waals surface area contributed by atoms with Crippen molar-refractivity contribution in [1.82, 2.24) is 4.90 Å². The van der Waals surface area contributed by atoms with Gasteiger partial charge < -0.3 is 5.11 Å². The quantitative estimate of drug-likeness (QED) is 0.858. The smallest absolute Gasteiger partial charge is 0.328 e. The summed E-state index contributed by atoms with van der Waals surface area (Å²) in [5, 5.41) is 8.56. The van der Waals surface area contributed by atoms with Crippen LogP contribution in [0.15, 0.2) is 24.3 Å². The lowest BCUT2D eigenvalue weighted by molar-refractivity contribution is -0.131. The Morgan fingerprint density at radius 1 is 1.50 bits per heavy atom. The van der Waals surface area contributed by atoms with Gasteiger partial charge in [0.2, 0.25) is 0 Å². The zero-order valence-corrected chi connectivity index (χ0v) is 11.7. The normalized spacial score (nSPS) is 20.4. The number of carboxylic acids is 1. The molecule has 1 aromatic carbocycles. The van der Waals surface area contributed by atoms with Crippen LogP contribution in [0.2, 0.25) is 0 Å². The molecule has 4 heteroatoms. The van der Waals surface area contributed by atoms with Crippen LogP contribution in [0.4, 0.5) is 4.39 Å². The van der Waals surface area contributed by atoms with Gasteiger partial charge in [-0.1, -0.05) is 18.6 Å². The van der Waals surface area contributed by atoms with E-state index in [2.05, 4.69) is 11.8 Å². The van der Waals surface area contributed by atoms with E-state index in [-0.39, 0.29) is 5.82 Å². The van der Waals surface area contributed by atoms with E-state index in [1.807, 2.05) is 0 Å². The summed E-state index contributed by atoms with van der Waals surface area (Å²) < 4.78 is 14.0. The van der Waals surface area contributed by atoms with Crippen LogP contribution in [-0.2, 0) is 11.3 Å². The average Bonchev–Trinajstić information content (AvgIpc) is 2.41. The fourth-order valence-corrected chi connectivity index (χ4v) is 2.57. The Morgan fingerprint density at radius 3 is 2.95 bits per heavy atom. The lowest BCUT2D eigenvalue weighted by Crippen LogP contribution is -2.36. The van der Waals surface area contributed by atoms with Crippen LogP contribution in [0.1, 0.15) is 37.3 Å². The van der Waals surface area contributed by atoms with E-state index >= 15 is 0 Å². The summed E-state index contributed by atoms with van der Waals surface area (Å²) in [7, 11) is 0. The summed E-state index contributed by atoms with van der Waals surface area (Å²) in [6.07, 6.45) is 6.01. The Hall–Kier alpha value is -1.68. The maximum absolute atomic E-state index is 14.0. The highest BCUT2D eigenvalue weighted by atomic mass is 19.1. The number of hydrogen-bond donors (Lipinski definition) is 1. The summed E-state index contributed by atoms with van der Waals surface area (Å²) >= 11 is 0. The largest absolute Gasteiger partial charge is 0.478 e. The number of carbonyl (C=O) groups is 1. The number of nitrogens with zero attached hydrogens (tertiary/aromatic N) is 1. The van der Waals surface area contributed by atoms with Gasteiger partial charge in [-0.05, 0) is 44.0 Å². The van der Waals surface area contributed by atoms with E-state index in [1.54, 1.807) is 12.1 Å². The Kier molecular flexibility index (Phi) is 4.90. The minimum atomic E-state index is -1.03. The molecule has 1 N–H and O–H groups in total. The number of carboxylic acid groups (broad SMARTS) is 1. The third-order valence-corrected chi connectivity index (χ3v) is 3.81. The van der Waals surface area contributed by atoms with Gasteiger partial charge in [-0.2, -0.15) is 0 Å². The molecule has 1 aliphatic rings. The zero-order valence-electron chi connectivity index (χ0n) is 11.7. The van der Waals surface area contributed by atoms with Gasteiger partial charge in [-0.3, -0.25) is 4.90 Å². The van der Waals surface area contributed by atoms with E-state index in [4.69, 9.17) is 5.11 Å². The molecule has 2 rings (SSSR count). The summed E-state index contributed by atoms with van der Waals surface area (Å²) in [6.45, 7) is 3.82. The summed E-state index contributed by atoms with van der Waals surface area (Å²) in [5.74, 6) is -1.30. The molecule has 1 unspecified atom stereocenters. The number of likely N-dealkylation sites (tertiary alicyclic amines) is 1. The second-order valence-electron chi connectivity index (χ2n) is 5.34. The molecule has 3 nitrogen and oxygen atoms in total. The Labute approximate surface area is 118 Å². The lowest BCUT2D eigenvalue weighted by atomic mass is 10.0. The number of rotatable bonds is 4. The molecule has 0 radical (unpaired) electrons. The topological polar surface area (TPSA) is 40.5 Å². The predicted molar refractivity (Wildman–Crippen MR) is 76.8 cm³/mol. The standard InChI is InChI=1S/C16H20FNO2/c1-12-4-2-3-9-18(12)11-14-7-5-13(10-15(14)17)6-8-16(19)20/h5-8,10,12H,2-4,9,11H2,1H3,(H,19,20). The zero-order chi connectivity index (χ0) is 14.5. The van der Waals surface area contributed by atoms with Crippen molar-refractivity contribution >= 4 is 12.0 Å². The molecule has 0 spiro atoms. The van der Waals surface area contributed by atoms with Gasteiger partial charge in [0.05, 0.1) is 0 Å². The van der Waals surface area contributed by atoms with E-state index in [0.717, 1.165) is 12.6 Å². The molecular formula is C16H20FNO2. The van der Waals surface area contributed by atoms with Crippen LogP contribution in [0.25, 0.3) is 6.08 Å². The minimum Gasteiger partial charge on any atom is -0.478 e. The molecule has 1 aromatic rings. The van der Waals surface area contributed by atoms with Crippen molar-refractivity contribution in [3.05, 3.63) is 41.2 Å².